The van der Waals surface area contributed by atoms with E-state index in [1.807, 2.05) is 54.7 Å². The summed E-state index contributed by atoms with van der Waals surface area (Å²) in [6, 6.07) is 23.1. The molecule has 1 atom stereocenters. The molecule has 0 aliphatic carbocycles. The lowest BCUT2D eigenvalue weighted by atomic mass is 9.91. The molecule has 0 spiro atoms. The van der Waals surface area contributed by atoms with E-state index in [0.717, 1.165) is 38.6 Å². The number of carbonyl (C=O) groups is 1. The zero-order valence-electron chi connectivity index (χ0n) is 16.6. The van der Waals surface area contributed by atoms with Gasteiger partial charge in [-0.2, -0.15) is 0 Å². The van der Waals surface area contributed by atoms with Crippen LogP contribution in [0.15, 0.2) is 79.0 Å². The second-order valence-corrected chi connectivity index (χ2v) is 7.50. The van der Waals surface area contributed by atoms with Gasteiger partial charge in [-0.1, -0.05) is 42.5 Å². The summed E-state index contributed by atoms with van der Waals surface area (Å²) < 4.78 is 0. The van der Waals surface area contributed by atoms with Gasteiger partial charge in [0.05, 0.1) is 23.2 Å². The van der Waals surface area contributed by atoms with Gasteiger partial charge in [0.2, 0.25) is 5.91 Å². The second-order valence-electron chi connectivity index (χ2n) is 7.50. The van der Waals surface area contributed by atoms with Crippen LogP contribution < -0.4 is 5.73 Å². The Morgan fingerprint density at radius 1 is 0.968 bits per heavy atom. The lowest BCUT2D eigenvalue weighted by Gasteiger charge is -2.16. The monoisotopic (exact) mass is 408 g/mol. The molecule has 152 valence electrons. The van der Waals surface area contributed by atoms with Gasteiger partial charge in [0, 0.05) is 28.6 Å². The van der Waals surface area contributed by atoms with Crippen molar-refractivity contribution in [2.24, 2.45) is 5.73 Å². The third-order valence-electron chi connectivity index (χ3n) is 5.55. The summed E-state index contributed by atoms with van der Waals surface area (Å²) in [6.45, 7) is -0.0140. The van der Waals surface area contributed by atoms with Crippen molar-refractivity contribution in [2.45, 2.75) is 5.92 Å². The lowest BCUT2D eigenvalue weighted by molar-refractivity contribution is 0.100. The van der Waals surface area contributed by atoms with Gasteiger partial charge in [-0.3, -0.25) is 9.78 Å². The first-order valence-electron chi connectivity index (χ1n) is 9.98. The number of para-hydroxylation sites is 1. The summed E-state index contributed by atoms with van der Waals surface area (Å²) in [6.07, 6.45) is 1.83. The molecule has 1 unspecified atom stereocenters. The molecule has 5 aromatic rings. The van der Waals surface area contributed by atoms with Gasteiger partial charge in [0.1, 0.15) is 5.82 Å². The van der Waals surface area contributed by atoms with Crippen LogP contribution in [0.1, 0.15) is 27.4 Å². The highest BCUT2D eigenvalue weighted by molar-refractivity contribution is 5.96. The quantitative estimate of drug-likeness (QED) is 0.409. The first kappa shape index (κ1) is 19.0. The number of hydrogen-bond donors (Lipinski definition) is 3. The number of benzene rings is 3. The molecule has 6 nitrogen and oxygen atoms in total. The Hall–Kier alpha value is -4.03. The van der Waals surface area contributed by atoms with E-state index in [1.165, 1.54) is 0 Å². The maximum atomic E-state index is 11.4. The number of primary amides is 1. The summed E-state index contributed by atoms with van der Waals surface area (Å²) in [5, 5.41) is 11.1. The number of rotatable bonds is 5. The van der Waals surface area contributed by atoms with Gasteiger partial charge in [-0.25, -0.2) is 4.98 Å². The molecule has 5 rings (SSSR count). The van der Waals surface area contributed by atoms with E-state index in [4.69, 9.17) is 5.73 Å². The van der Waals surface area contributed by atoms with Crippen molar-refractivity contribution in [2.75, 3.05) is 6.61 Å². The van der Waals surface area contributed by atoms with Crippen molar-refractivity contribution in [3.63, 3.8) is 0 Å². The van der Waals surface area contributed by atoms with E-state index in [9.17, 15) is 9.90 Å². The summed E-state index contributed by atoms with van der Waals surface area (Å²) in [5.41, 5.74) is 11.1. The normalized spacial score (nSPS) is 12.3. The van der Waals surface area contributed by atoms with Gasteiger partial charge < -0.3 is 15.8 Å². The molecular formula is C25H20N4O2. The molecule has 0 fully saturated rings. The predicted molar refractivity (Wildman–Crippen MR) is 121 cm³/mol. The third kappa shape index (κ3) is 3.53. The van der Waals surface area contributed by atoms with Crippen molar-refractivity contribution in [3.05, 3.63) is 95.7 Å². The molecule has 0 bridgehead atoms. The first-order valence-corrected chi connectivity index (χ1v) is 9.98. The van der Waals surface area contributed by atoms with E-state index in [-0.39, 0.29) is 12.5 Å². The number of imidazole rings is 1. The zero-order valence-corrected chi connectivity index (χ0v) is 16.6. The van der Waals surface area contributed by atoms with Gasteiger partial charge in [-0.15, -0.1) is 0 Å². The van der Waals surface area contributed by atoms with Crippen molar-refractivity contribution >= 4 is 27.8 Å². The van der Waals surface area contributed by atoms with E-state index in [2.05, 4.69) is 21.0 Å². The zero-order chi connectivity index (χ0) is 21.4. The number of amides is 1. The summed E-state index contributed by atoms with van der Waals surface area (Å²) in [4.78, 5) is 23.8. The minimum atomic E-state index is -0.472. The molecule has 6 heteroatoms. The maximum absolute atomic E-state index is 11.4. The Morgan fingerprint density at radius 3 is 2.55 bits per heavy atom. The van der Waals surface area contributed by atoms with Gasteiger partial charge in [-0.05, 0) is 41.5 Å². The van der Waals surface area contributed by atoms with Gasteiger partial charge >= 0.3 is 0 Å². The Kier molecular flexibility index (Phi) is 4.69. The van der Waals surface area contributed by atoms with E-state index in [0.29, 0.717) is 11.4 Å². The highest BCUT2D eigenvalue weighted by Gasteiger charge is 2.15. The van der Waals surface area contributed by atoms with Crippen LogP contribution in [0, 0.1) is 0 Å². The molecular weight excluding hydrogens is 388 g/mol. The number of H-pyrrole nitrogens is 1. The number of nitrogens with zero attached hydrogens (tertiary/aromatic N) is 2. The van der Waals surface area contributed by atoms with Crippen LogP contribution in [0.4, 0.5) is 0 Å². The molecule has 2 aromatic heterocycles. The molecule has 0 saturated heterocycles. The van der Waals surface area contributed by atoms with Crippen LogP contribution in [-0.4, -0.2) is 32.6 Å². The lowest BCUT2D eigenvalue weighted by Crippen LogP contribution is -2.10. The number of aromatic amines is 1. The van der Waals surface area contributed by atoms with E-state index >= 15 is 0 Å². The van der Waals surface area contributed by atoms with Crippen molar-refractivity contribution in [3.8, 4) is 11.4 Å². The number of aliphatic hydroxyl groups excluding tert-OH is 1. The molecule has 0 radical (unpaired) electrons. The minimum Gasteiger partial charge on any atom is -0.395 e. The fourth-order valence-corrected chi connectivity index (χ4v) is 3.85. The van der Waals surface area contributed by atoms with Crippen LogP contribution in [0.25, 0.3) is 33.3 Å². The molecule has 0 saturated carbocycles. The number of pyridine rings is 1. The molecule has 1 amide bonds. The average Bonchev–Trinajstić information content (AvgIpc) is 3.23. The number of carbonyl (C=O) groups excluding carboxylic acids is 1. The Bertz CT molecular complexity index is 1410. The SMILES string of the molecule is NC(=O)c1ccc2nc(-c3ccc(C(CO)c4cnc5ccccc5c4)cc3)[nH]c2c1. The van der Waals surface area contributed by atoms with Crippen molar-refractivity contribution in [1.82, 2.24) is 15.0 Å². The standard InChI is InChI=1S/C25H20N4O2/c26-24(31)18-9-10-22-23(12-18)29-25(28-22)16-7-5-15(6-8-16)20(14-30)19-11-17-3-1-2-4-21(17)27-13-19/h1-13,20,30H,14H2,(H2,26,31)(H,28,29). The summed E-state index contributed by atoms with van der Waals surface area (Å²) >= 11 is 0. The number of hydrogen-bond acceptors (Lipinski definition) is 4. The number of fused-ring (bicyclic) bond motifs is 2. The minimum absolute atomic E-state index is 0.0140. The second kappa shape index (κ2) is 7.66. The molecule has 4 N–H and O–H groups in total. The Morgan fingerprint density at radius 2 is 1.77 bits per heavy atom. The van der Waals surface area contributed by atoms with E-state index in [1.54, 1.807) is 18.2 Å². The van der Waals surface area contributed by atoms with E-state index < -0.39 is 5.91 Å². The van der Waals surface area contributed by atoms with Crippen LogP contribution in [0.3, 0.4) is 0 Å². The summed E-state index contributed by atoms with van der Waals surface area (Å²) in [7, 11) is 0. The van der Waals surface area contributed by atoms with Crippen molar-refractivity contribution in [1.29, 1.82) is 0 Å². The van der Waals surface area contributed by atoms with Crippen LogP contribution in [-0.2, 0) is 0 Å². The Balaban J connectivity index is 1.46. The molecule has 0 aliphatic heterocycles. The molecule has 0 aliphatic rings. The number of nitrogens with one attached hydrogen (secondary N) is 1. The predicted octanol–water partition coefficient (Wildman–Crippen LogP) is 4.00. The highest BCUT2D eigenvalue weighted by Crippen LogP contribution is 2.28. The number of nitrogens with two attached hydrogens (primary N) is 1. The fourth-order valence-electron chi connectivity index (χ4n) is 3.85. The topological polar surface area (TPSA) is 105 Å². The van der Waals surface area contributed by atoms with Gasteiger partial charge in [0.15, 0.2) is 0 Å². The molecule has 2 heterocycles. The van der Waals surface area contributed by atoms with Gasteiger partial charge in [0.25, 0.3) is 0 Å². The maximum Gasteiger partial charge on any atom is 0.248 e. The van der Waals surface area contributed by atoms with Crippen LogP contribution in [0.2, 0.25) is 0 Å². The Labute approximate surface area is 178 Å². The number of aromatic nitrogens is 3. The smallest absolute Gasteiger partial charge is 0.248 e. The highest BCUT2D eigenvalue weighted by atomic mass is 16.3. The average molecular weight is 408 g/mol. The van der Waals surface area contributed by atoms with Crippen LogP contribution in [0.5, 0.6) is 0 Å². The molecule has 3 aromatic carbocycles. The largest absolute Gasteiger partial charge is 0.395 e. The van der Waals surface area contributed by atoms with Crippen LogP contribution >= 0.6 is 0 Å². The first-order chi connectivity index (χ1) is 15.1. The van der Waals surface area contributed by atoms with Crippen molar-refractivity contribution < 1.29 is 9.90 Å². The summed E-state index contributed by atoms with van der Waals surface area (Å²) in [5.74, 6) is 0.0664. The molecule has 31 heavy (non-hydrogen) atoms. The fraction of sp³-hybridized carbons (Fsp3) is 0.0800. The number of aliphatic hydroxyl groups is 1. The third-order valence-corrected chi connectivity index (χ3v) is 5.55.